The molecule has 0 fully saturated rings. The van der Waals surface area contributed by atoms with Gasteiger partial charge in [-0.1, -0.05) is 0 Å². The van der Waals surface area contributed by atoms with E-state index in [1.54, 1.807) is 0 Å². The quantitative estimate of drug-likeness (QED) is 0.669. The molecule has 0 unspecified atom stereocenters. The molecule has 1 amide bonds. The zero-order chi connectivity index (χ0) is 15.8. The highest BCUT2D eigenvalue weighted by Crippen LogP contribution is 2.38. The standard InChI is InChI=1S/C12H11F6NO/c1-10(2,19-6-20)7-3-8(11(13,14)15)5-9(4-7)12(16,17)18/h3-6H,1-2H3,(H,19,20). The minimum atomic E-state index is -4.91. The van der Waals surface area contributed by atoms with Crippen molar-refractivity contribution in [1.82, 2.24) is 5.32 Å². The monoisotopic (exact) mass is 299 g/mol. The molecule has 0 atom stereocenters. The molecule has 8 heteroatoms. The maximum absolute atomic E-state index is 12.7. The molecular weight excluding hydrogens is 288 g/mol. The topological polar surface area (TPSA) is 29.1 Å². The summed E-state index contributed by atoms with van der Waals surface area (Å²) in [6, 6.07) is 1.22. The average Bonchev–Trinajstić information content (AvgIpc) is 2.26. The number of carbonyl (C=O) groups is 1. The summed E-state index contributed by atoms with van der Waals surface area (Å²) in [7, 11) is 0. The summed E-state index contributed by atoms with van der Waals surface area (Å²) < 4.78 is 75.9. The Kier molecular flexibility index (Phi) is 4.07. The number of hydrogen-bond acceptors (Lipinski definition) is 1. The van der Waals surface area contributed by atoms with E-state index >= 15 is 0 Å². The molecule has 1 N–H and O–H groups in total. The Morgan fingerprint density at radius 1 is 0.850 bits per heavy atom. The molecule has 0 bridgehead atoms. The van der Waals surface area contributed by atoms with Gasteiger partial charge in [-0.05, 0) is 37.6 Å². The fourth-order valence-corrected chi connectivity index (χ4v) is 1.55. The number of rotatable bonds is 3. The molecule has 0 heterocycles. The second-order valence-electron chi connectivity index (χ2n) is 4.68. The highest BCUT2D eigenvalue weighted by atomic mass is 19.4. The summed E-state index contributed by atoms with van der Waals surface area (Å²) in [6.45, 7) is 2.61. The van der Waals surface area contributed by atoms with Crippen LogP contribution in [-0.4, -0.2) is 6.41 Å². The molecule has 0 radical (unpaired) electrons. The number of amides is 1. The maximum Gasteiger partial charge on any atom is 0.416 e. The van der Waals surface area contributed by atoms with Gasteiger partial charge in [0.25, 0.3) is 0 Å². The fourth-order valence-electron chi connectivity index (χ4n) is 1.55. The second-order valence-corrected chi connectivity index (χ2v) is 4.68. The lowest BCUT2D eigenvalue weighted by atomic mass is 9.91. The van der Waals surface area contributed by atoms with Gasteiger partial charge in [-0.3, -0.25) is 4.79 Å². The van der Waals surface area contributed by atoms with Crippen LogP contribution in [0.3, 0.4) is 0 Å². The lowest BCUT2D eigenvalue weighted by molar-refractivity contribution is -0.143. The van der Waals surface area contributed by atoms with Crippen molar-refractivity contribution in [3.05, 3.63) is 34.9 Å². The predicted molar refractivity (Wildman–Crippen MR) is 58.7 cm³/mol. The Labute approximate surface area is 110 Å². The SMILES string of the molecule is CC(C)(NC=O)c1cc(C(F)(F)F)cc(C(F)(F)F)c1. The van der Waals surface area contributed by atoms with Crippen molar-refractivity contribution >= 4 is 6.41 Å². The minimum Gasteiger partial charge on any atom is -0.350 e. The van der Waals surface area contributed by atoms with Crippen LogP contribution in [-0.2, 0) is 22.7 Å². The highest BCUT2D eigenvalue weighted by Gasteiger charge is 2.38. The summed E-state index contributed by atoms with van der Waals surface area (Å²) in [6.07, 6.45) is -9.60. The van der Waals surface area contributed by atoms with Crippen LogP contribution in [0.2, 0.25) is 0 Å². The number of carbonyl (C=O) groups excluding carboxylic acids is 1. The van der Waals surface area contributed by atoms with Gasteiger partial charge in [0.05, 0.1) is 16.7 Å². The molecule has 0 aliphatic carbocycles. The molecule has 0 aromatic heterocycles. The molecular formula is C12H11F6NO. The first-order valence-corrected chi connectivity index (χ1v) is 5.39. The van der Waals surface area contributed by atoms with Crippen molar-refractivity contribution in [2.75, 3.05) is 0 Å². The third-order valence-electron chi connectivity index (χ3n) is 2.73. The normalized spacial score (nSPS) is 13.2. The van der Waals surface area contributed by atoms with Gasteiger partial charge in [0, 0.05) is 0 Å². The first-order chi connectivity index (χ1) is 8.88. The van der Waals surface area contributed by atoms with Gasteiger partial charge in [0.2, 0.25) is 6.41 Å². The molecule has 1 aromatic carbocycles. The first-order valence-electron chi connectivity index (χ1n) is 5.39. The largest absolute Gasteiger partial charge is 0.416 e. The van der Waals surface area contributed by atoms with Gasteiger partial charge < -0.3 is 5.32 Å². The smallest absolute Gasteiger partial charge is 0.350 e. The lowest BCUT2D eigenvalue weighted by Gasteiger charge is -2.26. The predicted octanol–water partition coefficient (Wildman–Crippen LogP) is 3.71. The van der Waals surface area contributed by atoms with Crippen LogP contribution in [0.1, 0.15) is 30.5 Å². The molecule has 0 aliphatic rings. The first kappa shape index (κ1) is 16.3. The van der Waals surface area contributed by atoms with Gasteiger partial charge in [0.15, 0.2) is 0 Å². The van der Waals surface area contributed by atoms with Gasteiger partial charge in [0.1, 0.15) is 0 Å². The molecule has 0 saturated carbocycles. The number of hydrogen-bond donors (Lipinski definition) is 1. The molecule has 0 aliphatic heterocycles. The summed E-state index contributed by atoms with van der Waals surface area (Å²) in [5.41, 5.74) is -4.47. The van der Waals surface area contributed by atoms with Crippen molar-refractivity contribution < 1.29 is 31.1 Å². The van der Waals surface area contributed by atoms with E-state index in [0.717, 1.165) is 0 Å². The second kappa shape index (κ2) is 4.99. The Balaban J connectivity index is 3.50. The van der Waals surface area contributed by atoms with E-state index in [9.17, 15) is 31.1 Å². The molecule has 0 spiro atoms. The third-order valence-corrected chi connectivity index (χ3v) is 2.73. The average molecular weight is 299 g/mol. The van der Waals surface area contributed by atoms with E-state index in [-0.39, 0.29) is 18.0 Å². The van der Waals surface area contributed by atoms with Gasteiger partial charge in [-0.15, -0.1) is 0 Å². The number of benzene rings is 1. The van der Waals surface area contributed by atoms with Crippen LogP contribution in [0.5, 0.6) is 0 Å². The van der Waals surface area contributed by atoms with Crippen LogP contribution in [0, 0.1) is 0 Å². The summed E-state index contributed by atoms with van der Waals surface area (Å²) >= 11 is 0. The minimum absolute atomic E-state index is 0.0422. The molecule has 2 nitrogen and oxygen atoms in total. The summed E-state index contributed by atoms with van der Waals surface area (Å²) in [5.74, 6) is 0. The van der Waals surface area contributed by atoms with Crippen LogP contribution in [0.15, 0.2) is 18.2 Å². The van der Waals surface area contributed by atoms with E-state index in [0.29, 0.717) is 12.1 Å². The number of halogens is 6. The Morgan fingerprint density at radius 3 is 1.50 bits per heavy atom. The van der Waals surface area contributed by atoms with Gasteiger partial charge in [-0.2, -0.15) is 26.3 Å². The van der Waals surface area contributed by atoms with Crippen LogP contribution in [0.25, 0.3) is 0 Å². The van der Waals surface area contributed by atoms with Gasteiger partial charge >= 0.3 is 12.4 Å². The zero-order valence-electron chi connectivity index (χ0n) is 10.5. The van der Waals surface area contributed by atoms with E-state index in [2.05, 4.69) is 5.32 Å². The molecule has 0 saturated heterocycles. The van der Waals surface area contributed by atoms with Crippen molar-refractivity contribution in [1.29, 1.82) is 0 Å². The van der Waals surface area contributed by atoms with Crippen molar-refractivity contribution in [2.45, 2.75) is 31.7 Å². The summed E-state index contributed by atoms with van der Waals surface area (Å²) in [4.78, 5) is 10.4. The van der Waals surface area contributed by atoms with Gasteiger partial charge in [-0.25, -0.2) is 0 Å². The molecule has 1 rings (SSSR count). The van der Waals surface area contributed by atoms with E-state index in [4.69, 9.17) is 0 Å². The van der Waals surface area contributed by atoms with Crippen LogP contribution < -0.4 is 5.32 Å². The Bertz CT molecular complexity index is 471. The van der Waals surface area contributed by atoms with E-state index < -0.39 is 29.0 Å². The van der Waals surface area contributed by atoms with Crippen molar-refractivity contribution in [3.8, 4) is 0 Å². The lowest BCUT2D eigenvalue weighted by Crippen LogP contribution is -2.36. The third kappa shape index (κ3) is 3.64. The summed E-state index contributed by atoms with van der Waals surface area (Å²) in [5, 5.41) is 2.18. The maximum atomic E-state index is 12.7. The fraction of sp³-hybridized carbons (Fsp3) is 0.417. The molecule has 1 aromatic rings. The highest BCUT2D eigenvalue weighted by molar-refractivity contribution is 5.50. The number of nitrogens with one attached hydrogen (secondary N) is 1. The van der Waals surface area contributed by atoms with Crippen LogP contribution >= 0.6 is 0 Å². The zero-order valence-corrected chi connectivity index (χ0v) is 10.5. The van der Waals surface area contributed by atoms with Crippen LogP contribution in [0.4, 0.5) is 26.3 Å². The van der Waals surface area contributed by atoms with E-state index in [1.807, 2.05) is 0 Å². The Hall–Kier alpha value is -1.73. The molecule has 20 heavy (non-hydrogen) atoms. The number of alkyl halides is 6. The molecule has 112 valence electrons. The van der Waals surface area contributed by atoms with E-state index in [1.165, 1.54) is 13.8 Å². The Morgan fingerprint density at radius 2 is 1.20 bits per heavy atom. The van der Waals surface area contributed by atoms with Crippen molar-refractivity contribution in [2.24, 2.45) is 0 Å². The van der Waals surface area contributed by atoms with Crippen molar-refractivity contribution in [3.63, 3.8) is 0 Å².